The first-order valence-electron chi connectivity index (χ1n) is 7.63. The number of hydrogen-bond donors (Lipinski definition) is 0. The minimum absolute atomic E-state index is 0.0418. The number of nitriles is 1. The number of hydrogen-bond acceptors (Lipinski definition) is 3. The van der Waals surface area contributed by atoms with Gasteiger partial charge in [-0.25, -0.2) is 0 Å². The van der Waals surface area contributed by atoms with Gasteiger partial charge in [-0.05, 0) is 52.4 Å². The Morgan fingerprint density at radius 2 is 1.67 bits per heavy atom. The van der Waals surface area contributed by atoms with Crippen molar-refractivity contribution in [3.63, 3.8) is 0 Å². The van der Waals surface area contributed by atoms with Crippen LogP contribution in [0.15, 0.2) is 30.3 Å². The van der Waals surface area contributed by atoms with Crippen LogP contribution in [0.1, 0.15) is 39.7 Å². The van der Waals surface area contributed by atoms with Crippen LogP contribution in [0.5, 0.6) is 0 Å². The van der Waals surface area contributed by atoms with E-state index in [2.05, 4.69) is 18.2 Å². The van der Waals surface area contributed by atoms with E-state index < -0.39 is 0 Å². The number of rotatable bonds is 5. The molecule has 1 fully saturated rings. The maximum atomic E-state index is 9.36. The quantitative estimate of drug-likeness (QED) is 0.772. The second-order valence-electron chi connectivity index (χ2n) is 6.77. The molecule has 1 aliphatic heterocycles. The maximum Gasteiger partial charge on any atom is 0.459 e. The second-order valence-corrected chi connectivity index (χ2v) is 6.77. The van der Waals surface area contributed by atoms with Crippen molar-refractivity contribution < 1.29 is 9.31 Å². The topological polar surface area (TPSA) is 42.2 Å². The SMILES string of the molecule is CC1(C)OB(C[C@H](C#N)CCc2ccccc2)OC1(C)C. The van der Waals surface area contributed by atoms with Crippen molar-refractivity contribution in [3.8, 4) is 6.07 Å². The minimum atomic E-state index is -0.322. The molecule has 0 radical (unpaired) electrons. The van der Waals surface area contributed by atoms with Gasteiger partial charge in [0.2, 0.25) is 0 Å². The lowest BCUT2D eigenvalue weighted by Crippen LogP contribution is -2.41. The van der Waals surface area contributed by atoms with Crippen molar-refractivity contribution >= 4 is 7.12 Å². The van der Waals surface area contributed by atoms with Crippen LogP contribution in [0, 0.1) is 17.2 Å². The molecule has 1 heterocycles. The maximum absolute atomic E-state index is 9.36. The zero-order chi connectivity index (χ0) is 15.5. The van der Waals surface area contributed by atoms with Crippen LogP contribution in [-0.4, -0.2) is 18.3 Å². The molecule has 1 atom stereocenters. The van der Waals surface area contributed by atoms with Gasteiger partial charge in [0, 0.05) is 5.92 Å². The van der Waals surface area contributed by atoms with Crippen molar-refractivity contribution in [2.24, 2.45) is 5.92 Å². The third-order valence-electron chi connectivity index (χ3n) is 4.59. The van der Waals surface area contributed by atoms with E-state index in [1.807, 2.05) is 45.9 Å². The summed E-state index contributed by atoms with van der Waals surface area (Å²) >= 11 is 0. The standard InChI is InChI=1S/C17H24BNO2/c1-16(2)17(3,4)21-18(20-16)12-15(13-19)11-10-14-8-6-5-7-9-14/h5-9,15H,10-12H2,1-4H3/t15-/m1/s1. The molecule has 112 valence electrons. The molecule has 0 amide bonds. The van der Waals surface area contributed by atoms with Gasteiger partial charge in [-0.2, -0.15) is 5.26 Å². The average molecular weight is 285 g/mol. The molecular weight excluding hydrogens is 261 g/mol. The Bertz CT molecular complexity index is 491. The summed E-state index contributed by atoms with van der Waals surface area (Å²) in [5, 5.41) is 9.36. The molecule has 2 rings (SSSR count). The van der Waals surface area contributed by atoms with E-state index in [1.54, 1.807) is 0 Å². The molecule has 1 aromatic rings. The summed E-state index contributed by atoms with van der Waals surface area (Å²) in [5.41, 5.74) is 0.625. The fourth-order valence-electron chi connectivity index (χ4n) is 2.51. The summed E-state index contributed by atoms with van der Waals surface area (Å²) in [6, 6.07) is 12.7. The Balaban J connectivity index is 1.88. The second kappa shape index (κ2) is 6.21. The van der Waals surface area contributed by atoms with Gasteiger partial charge in [-0.3, -0.25) is 0 Å². The van der Waals surface area contributed by atoms with Crippen LogP contribution >= 0.6 is 0 Å². The highest BCUT2D eigenvalue weighted by atomic mass is 16.7. The Kier molecular flexibility index (Phi) is 4.75. The molecule has 0 bridgehead atoms. The molecule has 0 saturated carbocycles. The van der Waals surface area contributed by atoms with Crippen molar-refractivity contribution in [2.45, 2.75) is 58.1 Å². The lowest BCUT2D eigenvalue weighted by Gasteiger charge is -2.32. The van der Waals surface area contributed by atoms with Crippen LogP contribution in [0.3, 0.4) is 0 Å². The first-order chi connectivity index (χ1) is 9.84. The van der Waals surface area contributed by atoms with Gasteiger partial charge in [0.25, 0.3) is 0 Å². The van der Waals surface area contributed by atoms with Crippen LogP contribution in [0.4, 0.5) is 0 Å². The predicted molar refractivity (Wildman–Crippen MR) is 84.8 cm³/mol. The van der Waals surface area contributed by atoms with Gasteiger partial charge >= 0.3 is 7.12 Å². The van der Waals surface area contributed by atoms with E-state index >= 15 is 0 Å². The van der Waals surface area contributed by atoms with Gasteiger partial charge in [-0.15, -0.1) is 0 Å². The summed E-state index contributed by atoms with van der Waals surface area (Å²) in [4.78, 5) is 0. The van der Waals surface area contributed by atoms with Crippen molar-refractivity contribution in [1.82, 2.24) is 0 Å². The molecule has 0 N–H and O–H groups in total. The van der Waals surface area contributed by atoms with E-state index in [4.69, 9.17) is 9.31 Å². The van der Waals surface area contributed by atoms with Crippen molar-refractivity contribution in [2.75, 3.05) is 0 Å². The van der Waals surface area contributed by atoms with Gasteiger partial charge in [0.05, 0.1) is 17.3 Å². The Hall–Kier alpha value is -1.31. The van der Waals surface area contributed by atoms with Gasteiger partial charge < -0.3 is 9.31 Å². The van der Waals surface area contributed by atoms with E-state index in [9.17, 15) is 5.26 Å². The minimum Gasteiger partial charge on any atom is -0.403 e. The van der Waals surface area contributed by atoms with Gasteiger partial charge in [0.1, 0.15) is 0 Å². The highest BCUT2D eigenvalue weighted by Crippen LogP contribution is 2.38. The summed E-state index contributed by atoms with van der Waals surface area (Å²) in [5.74, 6) is -0.0418. The van der Waals surface area contributed by atoms with Crippen LogP contribution in [-0.2, 0) is 15.7 Å². The molecule has 3 nitrogen and oxygen atoms in total. The molecule has 4 heteroatoms. The zero-order valence-corrected chi connectivity index (χ0v) is 13.4. The summed E-state index contributed by atoms with van der Waals surface area (Å²) in [7, 11) is -0.282. The van der Waals surface area contributed by atoms with Crippen LogP contribution < -0.4 is 0 Å². The lowest BCUT2D eigenvalue weighted by molar-refractivity contribution is 0.00578. The van der Waals surface area contributed by atoms with Crippen LogP contribution in [0.25, 0.3) is 0 Å². The first-order valence-corrected chi connectivity index (χ1v) is 7.63. The first kappa shape index (κ1) is 16.1. The van der Waals surface area contributed by atoms with E-state index in [-0.39, 0.29) is 24.2 Å². The number of aryl methyl sites for hydroxylation is 1. The van der Waals surface area contributed by atoms with Gasteiger partial charge in [0.15, 0.2) is 0 Å². The number of nitrogens with zero attached hydrogens (tertiary/aromatic N) is 1. The zero-order valence-electron chi connectivity index (χ0n) is 13.4. The summed E-state index contributed by atoms with van der Waals surface area (Å²) in [6.07, 6.45) is 2.39. The van der Waals surface area contributed by atoms with Gasteiger partial charge in [-0.1, -0.05) is 30.3 Å². The molecule has 0 unspecified atom stereocenters. The van der Waals surface area contributed by atoms with Crippen LogP contribution in [0.2, 0.25) is 6.32 Å². The van der Waals surface area contributed by atoms with Crippen molar-refractivity contribution in [3.05, 3.63) is 35.9 Å². The smallest absolute Gasteiger partial charge is 0.403 e. The highest BCUT2D eigenvalue weighted by Gasteiger charge is 2.51. The Labute approximate surface area is 128 Å². The molecule has 0 aliphatic carbocycles. The molecule has 21 heavy (non-hydrogen) atoms. The molecule has 1 saturated heterocycles. The predicted octanol–water partition coefficient (Wildman–Crippen LogP) is 3.85. The Morgan fingerprint density at radius 3 is 2.19 bits per heavy atom. The van der Waals surface area contributed by atoms with E-state index in [1.165, 1.54) is 5.56 Å². The molecule has 1 aliphatic rings. The average Bonchev–Trinajstić information content (AvgIpc) is 2.63. The molecular formula is C17H24BNO2. The fourth-order valence-corrected chi connectivity index (χ4v) is 2.51. The normalized spacial score (nSPS) is 21.0. The molecule has 0 aromatic heterocycles. The monoisotopic (exact) mass is 285 g/mol. The van der Waals surface area contributed by atoms with E-state index in [0.717, 1.165) is 12.8 Å². The molecule has 0 spiro atoms. The number of benzene rings is 1. The fraction of sp³-hybridized carbons (Fsp3) is 0.588. The van der Waals surface area contributed by atoms with Crippen molar-refractivity contribution in [1.29, 1.82) is 5.26 Å². The largest absolute Gasteiger partial charge is 0.459 e. The molecule has 1 aromatic carbocycles. The van der Waals surface area contributed by atoms with E-state index in [0.29, 0.717) is 6.32 Å². The lowest BCUT2D eigenvalue weighted by atomic mass is 9.76. The highest BCUT2D eigenvalue weighted by molar-refractivity contribution is 6.45. The summed E-state index contributed by atoms with van der Waals surface area (Å²) < 4.78 is 12.0. The summed E-state index contributed by atoms with van der Waals surface area (Å²) in [6.45, 7) is 8.16. The third-order valence-corrected chi connectivity index (χ3v) is 4.59. The Morgan fingerprint density at radius 1 is 1.10 bits per heavy atom. The third kappa shape index (κ3) is 3.87.